The molecule has 31 heavy (non-hydrogen) atoms. The lowest BCUT2D eigenvalue weighted by Gasteiger charge is -2.16. The summed E-state index contributed by atoms with van der Waals surface area (Å²) in [6.45, 7) is 0.713. The molecule has 0 bridgehead atoms. The number of aromatic nitrogens is 3. The molecule has 4 rings (SSSR count). The number of nitrogens with zero attached hydrogens (tertiary/aromatic N) is 4. The van der Waals surface area contributed by atoms with Crippen LogP contribution < -0.4 is 15.9 Å². The van der Waals surface area contributed by atoms with Gasteiger partial charge >= 0.3 is 5.69 Å². The molecule has 1 N–H and O–H groups in total. The molecule has 0 spiro atoms. The summed E-state index contributed by atoms with van der Waals surface area (Å²) in [6, 6.07) is 15.0. The Morgan fingerprint density at radius 2 is 1.84 bits per heavy atom. The van der Waals surface area contributed by atoms with Crippen molar-refractivity contribution in [2.45, 2.75) is 13.0 Å². The molecule has 1 fully saturated rings. The third-order valence-corrected chi connectivity index (χ3v) is 5.33. The summed E-state index contributed by atoms with van der Waals surface area (Å²) in [6.07, 6.45) is 0.152. The van der Waals surface area contributed by atoms with Crippen molar-refractivity contribution in [2.75, 3.05) is 18.0 Å². The number of carbonyl (C=O) groups excluding carboxylic acids is 2. The van der Waals surface area contributed by atoms with Crippen LogP contribution >= 0.6 is 0 Å². The standard InChI is InChI=1S/C22H22FN5O3/c1-26-20(15-7-9-17(23)10-8-15)25-28(22(26)31)12-11-24-21(30)16-13-19(29)27(14-16)18-5-3-2-4-6-18/h2-10,16H,11-14H2,1H3,(H,24,30). The molecule has 1 aromatic heterocycles. The fraction of sp³-hybridized carbons (Fsp3) is 0.273. The molecule has 1 aliphatic rings. The van der Waals surface area contributed by atoms with Crippen molar-refractivity contribution < 1.29 is 14.0 Å². The molecule has 1 unspecified atom stereocenters. The van der Waals surface area contributed by atoms with Crippen LogP contribution in [0.25, 0.3) is 11.4 Å². The molecule has 8 nitrogen and oxygen atoms in total. The van der Waals surface area contributed by atoms with Crippen molar-refractivity contribution in [1.29, 1.82) is 0 Å². The molecule has 1 atom stereocenters. The third kappa shape index (κ3) is 4.25. The maximum atomic E-state index is 13.1. The monoisotopic (exact) mass is 423 g/mol. The lowest BCUT2D eigenvalue weighted by molar-refractivity contribution is -0.126. The van der Waals surface area contributed by atoms with Gasteiger partial charge in [-0.2, -0.15) is 0 Å². The number of anilines is 1. The summed E-state index contributed by atoms with van der Waals surface area (Å²) >= 11 is 0. The lowest BCUT2D eigenvalue weighted by atomic mass is 10.1. The molecule has 160 valence electrons. The minimum atomic E-state index is -0.442. The molecule has 1 saturated heterocycles. The fourth-order valence-electron chi connectivity index (χ4n) is 3.65. The molecule has 0 radical (unpaired) electrons. The van der Waals surface area contributed by atoms with Crippen LogP contribution in [0.2, 0.25) is 0 Å². The number of hydrogen-bond acceptors (Lipinski definition) is 4. The van der Waals surface area contributed by atoms with E-state index in [9.17, 15) is 18.8 Å². The molecule has 0 saturated carbocycles. The van der Waals surface area contributed by atoms with Crippen molar-refractivity contribution in [1.82, 2.24) is 19.7 Å². The van der Waals surface area contributed by atoms with Gasteiger partial charge in [0.25, 0.3) is 0 Å². The summed E-state index contributed by atoms with van der Waals surface area (Å²) in [4.78, 5) is 38.9. The van der Waals surface area contributed by atoms with Crippen LogP contribution in [0, 0.1) is 11.7 Å². The lowest BCUT2D eigenvalue weighted by Crippen LogP contribution is -2.36. The second-order valence-electron chi connectivity index (χ2n) is 7.43. The van der Waals surface area contributed by atoms with Gasteiger partial charge in [0, 0.05) is 37.8 Å². The highest BCUT2D eigenvalue weighted by Gasteiger charge is 2.34. The summed E-state index contributed by atoms with van der Waals surface area (Å²) in [5.74, 6) is -0.711. The Morgan fingerprint density at radius 3 is 2.55 bits per heavy atom. The highest BCUT2D eigenvalue weighted by atomic mass is 19.1. The van der Waals surface area contributed by atoms with E-state index in [2.05, 4.69) is 10.4 Å². The van der Waals surface area contributed by atoms with Crippen LogP contribution in [0.4, 0.5) is 10.1 Å². The summed E-state index contributed by atoms with van der Waals surface area (Å²) in [5, 5.41) is 7.09. The van der Waals surface area contributed by atoms with Gasteiger partial charge in [0.1, 0.15) is 5.82 Å². The first-order valence-corrected chi connectivity index (χ1v) is 9.97. The van der Waals surface area contributed by atoms with Crippen molar-refractivity contribution in [3.63, 3.8) is 0 Å². The molecule has 9 heteroatoms. The highest BCUT2D eigenvalue weighted by Crippen LogP contribution is 2.24. The van der Waals surface area contributed by atoms with Crippen LogP contribution in [-0.2, 0) is 23.2 Å². The van der Waals surface area contributed by atoms with E-state index >= 15 is 0 Å². The third-order valence-electron chi connectivity index (χ3n) is 5.33. The van der Waals surface area contributed by atoms with Gasteiger partial charge in [-0.05, 0) is 36.4 Å². The van der Waals surface area contributed by atoms with E-state index in [0.717, 1.165) is 5.69 Å². The molecule has 2 heterocycles. The van der Waals surface area contributed by atoms with E-state index in [1.807, 2.05) is 30.3 Å². The average molecular weight is 423 g/mol. The quantitative estimate of drug-likeness (QED) is 0.652. The van der Waals surface area contributed by atoms with Gasteiger partial charge in [-0.15, -0.1) is 5.10 Å². The fourth-order valence-corrected chi connectivity index (χ4v) is 3.65. The maximum absolute atomic E-state index is 13.1. The van der Waals surface area contributed by atoms with E-state index in [-0.39, 0.29) is 42.8 Å². The minimum absolute atomic E-state index is 0.0868. The zero-order valence-electron chi connectivity index (χ0n) is 17.0. The van der Waals surface area contributed by atoms with Gasteiger partial charge in [-0.3, -0.25) is 14.2 Å². The predicted octanol–water partition coefficient (Wildman–Crippen LogP) is 1.56. The Morgan fingerprint density at radius 1 is 1.13 bits per heavy atom. The zero-order valence-corrected chi connectivity index (χ0v) is 17.0. The van der Waals surface area contributed by atoms with E-state index in [1.165, 1.54) is 21.4 Å². The van der Waals surface area contributed by atoms with Crippen molar-refractivity contribution >= 4 is 17.5 Å². The van der Waals surface area contributed by atoms with Crippen molar-refractivity contribution in [3.8, 4) is 11.4 Å². The van der Waals surface area contributed by atoms with Crippen molar-refractivity contribution in [3.05, 3.63) is 70.9 Å². The predicted molar refractivity (Wildman–Crippen MR) is 113 cm³/mol. The van der Waals surface area contributed by atoms with Crippen LogP contribution in [0.5, 0.6) is 0 Å². The van der Waals surface area contributed by atoms with Crippen LogP contribution in [-0.4, -0.2) is 39.3 Å². The second-order valence-corrected chi connectivity index (χ2v) is 7.43. The van der Waals surface area contributed by atoms with E-state index in [0.29, 0.717) is 17.9 Å². The van der Waals surface area contributed by atoms with Crippen LogP contribution in [0.15, 0.2) is 59.4 Å². The van der Waals surface area contributed by atoms with E-state index in [1.54, 1.807) is 24.1 Å². The Labute approximate surface area is 177 Å². The maximum Gasteiger partial charge on any atom is 0.345 e. The number of para-hydroxylation sites is 1. The Hall–Kier alpha value is -3.75. The van der Waals surface area contributed by atoms with Gasteiger partial charge in [0.05, 0.1) is 12.5 Å². The minimum Gasteiger partial charge on any atom is -0.354 e. The van der Waals surface area contributed by atoms with Gasteiger partial charge in [0.15, 0.2) is 5.82 Å². The molecule has 3 aromatic rings. The number of benzene rings is 2. The second kappa shape index (κ2) is 8.55. The van der Waals surface area contributed by atoms with Gasteiger partial charge < -0.3 is 10.2 Å². The van der Waals surface area contributed by atoms with Gasteiger partial charge in [0.2, 0.25) is 11.8 Å². The van der Waals surface area contributed by atoms with Crippen LogP contribution in [0.3, 0.4) is 0 Å². The Balaban J connectivity index is 1.36. The molecule has 2 amide bonds. The summed E-state index contributed by atoms with van der Waals surface area (Å²) in [5.41, 5.74) is 1.06. The zero-order chi connectivity index (χ0) is 22.0. The Kier molecular flexibility index (Phi) is 5.66. The SMILES string of the molecule is Cn1c(-c2ccc(F)cc2)nn(CCNC(=O)C2CC(=O)N(c3ccccc3)C2)c1=O. The number of nitrogens with one attached hydrogen (secondary N) is 1. The van der Waals surface area contributed by atoms with E-state index in [4.69, 9.17) is 0 Å². The summed E-state index contributed by atoms with van der Waals surface area (Å²) in [7, 11) is 1.59. The molecular formula is C22H22FN5O3. The van der Waals surface area contributed by atoms with Crippen molar-refractivity contribution in [2.24, 2.45) is 13.0 Å². The van der Waals surface area contributed by atoms with Gasteiger partial charge in [-0.25, -0.2) is 13.9 Å². The first-order chi connectivity index (χ1) is 14.9. The Bertz CT molecular complexity index is 1150. The van der Waals surface area contributed by atoms with Gasteiger partial charge in [-0.1, -0.05) is 18.2 Å². The normalized spacial score (nSPS) is 16.0. The van der Waals surface area contributed by atoms with Crippen LogP contribution in [0.1, 0.15) is 6.42 Å². The smallest absolute Gasteiger partial charge is 0.345 e. The number of rotatable bonds is 6. The van der Waals surface area contributed by atoms with E-state index < -0.39 is 5.92 Å². The first kappa shape index (κ1) is 20.5. The number of hydrogen-bond donors (Lipinski definition) is 1. The largest absolute Gasteiger partial charge is 0.354 e. The number of carbonyl (C=O) groups is 2. The molecular weight excluding hydrogens is 401 g/mol. The summed E-state index contributed by atoms with van der Waals surface area (Å²) < 4.78 is 15.8. The topological polar surface area (TPSA) is 89.2 Å². The average Bonchev–Trinajstić information content (AvgIpc) is 3.30. The first-order valence-electron chi connectivity index (χ1n) is 9.97. The number of halogens is 1. The molecule has 0 aliphatic carbocycles. The molecule has 2 aromatic carbocycles. The molecule has 1 aliphatic heterocycles. The highest BCUT2D eigenvalue weighted by molar-refractivity contribution is 6.00. The number of amides is 2.